The van der Waals surface area contributed by atoms with Crippen molar-refractivity contribution >= 4 is 11.8 Å². The fourth-order valence-corrected chi connectivity index (χ4v) is 3.87. The highest BCUT2D eigenvalue weighted by Gasteiger charge is 2.31. The minimum atomic E-state index is -3.06. The summed E-state index contributed by atoms with van der Waals surface area (Å²) in [5.41, 5.74) is 4.96. The summed E-state index contributed by atoms with van der Waals surface area (Å²) >= 11 is 0. The Morgan fingerprint density at radius 1 is 1.00 bits per heavy atom. The number of carbonyl (C=O) groups is 2. The van der Waals surface area contributed by atoms with Crippen LogP contribution in [0.1, 0.15) is 64.2 Å². The van der Waals surface area contributed by atoms with E-state index in [-0.39, 0.29) is 23.8 Å². The summed E-state index contributed by atoms with van der Waals surface area (Å²) in [7, 11) is 0. The molecule has 7 heteroatoms. The summed E-state index contributed by atoms with van der Waals surface area (Å²) in [6.45, 7) is -1.48. The minimum Gasteiger partial charge on any atom is -0.353 e. The van der Waals surface area contributed by atoms with Crippen molar-refractivity contribution in [2.24, 2.45) is 17.6 Å². The van der Waals surface area contributed by atoms with Gasteiger partial charge in [0, 0.05) is 18.4 Å². The van der Waals surface area contributed by atoms with E-state index in [0.717, 1.165) is 25.7 Å². The molecule has 0 saturated heterocycles. The highest BCUT2D eigenvalue weighted by atomic mass is 19.3. The molecule has 2 aliphatic carbocycles. The molecule has 0 unspecified atom stereocenters. The Morgan fingerprint density at radius 3 is 2.24 bits per heavy atom. The van der Waals surface area contributed by atoms with Gasteiger partial charge in [-0.1, -0.05) is 19.3 Å². The molecule has 4 N–H and O–H groups in total. The first-order valence-corrected chi connectivity index (χ1v) is 9.54. The first-order valence-electron chi connectivity index (χ1n) is 9.54. The molecule has 25 heavy (non-hydrogen) atoms. The van der Waals surface area contributed by atoms with Crippen molar-refractivity contribution in [1.82, 2.24) is 10.6 Å². The first kappa shape index (κ1) is 20.1. The number of hydrogen-bond acceptors (Lipinski definition) is 3. The van der Waals surface area contributed by atoms with Crippen molar-refractivity contribution in [2.75, 3.05) is 13.1 Å². The summed E-state index contributed by atoms with van der Waals surface area (Å²) in [4.78, 5) is 24.1. The van der Waals surface area contributed by atoms with Crippen LogP contribution in [0.2, 0.25) is 0 Å². The van der Waals surface area contributed by atoms with Crippen LogP contribution >= 0.6 is 0 Å². The van der Waals surface area contributed by atoms with Crippen molar-refractivity contribution in [1.29, 1.82) is 0 Å². The standard InChI is InChI=1S/C18H31F2N3O2/c19-18(20,11-21)12-22-17(25)14-6-8-15(9-7-14)23-16(24)10-13-4-2-1-3-5-13/h13-15H,1-12,21H2,(H,22,25)(H,23,24). The van der Waals surface area contributed by atoms with E-state index in [0.29, 0.717) is 25.2 Å². The fourth-order valence-electron chi connectivity index (χ4n) is 3.87. The molecule has 0 aromatic heterocycles. The number of hydrogen-bond donors (Lipinski definition) is 3. The van der Waals surface area contributed by atoms with E-state index in [1.165, 1.54) is 19.3 Å². The number of rotatable bonds is 7. The van der Waals surface area contributed by atoms with Crippen LogP contribution in [0.25, 0.3) is 0 Å². The summed E-state index contributed by atoms with van der Waals surface area (Å²) in [5.74, 6) is -3.01. The molecule has 2 rings (SSSR count). The SMILES string of the molecule is NCC(F)(F)CNC(=O)C1CCC(NC(=O)CC2CCCCC2)CC1. The lowest BCUT2D eigenvalue weighted by Gasteiger charge is -2.29. The number of nitrogens with two attached hydrogens (primary N) is 1. The number of halogens is 2. The fraction of sp³-hybridized carbons (Fsp3) is 0.889. The number of carbonyl (C=O) groups excluding carboxylic acids is 2. The molecule has 0 aliphatic heterocycles. The van der Waals surface area contributed by atoms with Crippen molar-refractivity contribution in [3.8, 4) is 0 Å². The van der Waals surface area contributed by atoms with Crippen LogP contribution in [-0.4, -0.2) is 36.9 Å². The quantitative estimate of drug-likeness (QED) is 0.652. The molecular weight excluding hydrogens is 328 g/mol. The van der Waals surface area contributed by atoms with Crippen LogP contribution in [0, 0.1) is 11.8 Å². The smallest absolute Gasteiger partial charge is 0.277 e. The van der Waals surface area contributed by atoms with E-state index in [9.17, 15) is 18.4 Å². The van der Waals surface area contributed by atoms with Crippen molar-refractivity contribution < 1.29 is 18.4 Å². The molecule has 2 aliphatic rings. The van der Waals surface area contributed by atoms with Gasteiger partial charge in [-0.3, -0.25) is 9.59 Å². The lowest BCUT2D eigenvalue weighted by molar-refractivity contribution is -0.128. The van der Waals surface area contributed by atoms with E-state index < -0.39 is 19.0 Å². The number of amides is 2. The minimum absolute atomic E-state index is 0.102. The molecule has 0 atom stereocenters. The van der Waals surface area contributed by atoms with Crippen LogP contribution in [0.5, 0.6) is 0 Å². The Morgan fingerprint density at radius 2 is 1.64 bits per heavy atom. The zero-order valence-corrected chi connectivity index (χ0v) is 14.9. The van der Waals surface area contributed by atoms with Gasteiger partial charge in [-0.05, 0) is 44.4 Å². The highest BCUT2D eigenvalue weighted by molar-refractivity contribution is 5.79. The van der Waals surface area contributed by atoms with E-state index in [4.69, 9.17) is 5.73 Å². The molecule has 2 fully saturated rings. The van der Waals surface area contributed by atoms with Crippen LogP contribution in [-0.2, 0) is 9.59 Å². The van der Waals surface area contributed by atoms with Gasteiger partial charge in [0.05, 0.1) is 13.1 Å². The third-order valence-electron chi connectivity index (χ3n) is 5.48. The van der Waals surface area contributed by atoms with Gasteiger partial charge >= 0.3 is 0 Å². The Balaban J connectivity index is 1.65. The van der Waals surface area contributed by atoms with Gasteiger partial charge in [0.15, 0.2) is 0 Å². The first-order chi connectivity index (χ1) is 11.9. The molecule has 0 aromatic carbocycles. The summed E-state index contributed by atoms with van der Waals surface area (Å²) in [6.07, 6.45) is 9.31. The predicted octanol–water partition coefficient (Wildman–Crippen LogP) is 2.34. The van der Waals surface area contributed by atoms with Crippen LogP contribution < -0.4 is 16.4 Å². The van der Waals surface area contributed by atoms with Crippen molar-refractivity contribution in [2.45, 2.75) is 76.2 Å². The van der Waals surface area contributed by atoms with Gasteiger partial charge in [-0.15, -0.1) is 0 Å². The highest BCUT2D eigenvalue weighted by Crippen LogP contribution is 2.27. The molecule has 2 amide bonds. The second-order valence-corrected chi connectivity index (χ2v) is 7.60. The second kappa shape index (κ2) is 9.46. The van der Waals surface area contributed by atoms with Gasteiger partial charge < -0.3 is 16.4 Å². The van der Waals surface area contributed by atoms with Gasteiger partial charge in [-0.2, -0.15) is 0 Å². The average molecular weight is 359 g/mol. The van der Waals surface area contributed by atoms with E-state index in [2.05, 4.69) is 10.6 Å². The van der Waals surface area contributed by atoms with Crippen molar-refractivity contribution in [3.63, 3.8) is 0 Å². The zero-order chi connectivity index (χ0) is 18.3. The van der Waals surface area contributed by atoms with Gasteiger partial charge in [0.2, 0.25) is 11.8 Å². The molecule has 144 valence electrons. The van der Waals surface area contributed by atoms with Gasteiger partial charge in [0.25, 0.3) is 5.92 Å². The van der Waals surface area contributed by atoms with Crippen LogP contribution in [0.3, 0.4) is 0 Å². The lowest BCUT2D eigenvalue weighted by Crippen LogP contribution is -2.45. The molecule has 0 bridgehead atoms. The number of nitrogens with one attached hydrogen (secondary N) is 2. The van der Waals surface area contributed by atoms with Crippen LogP contribution in [0.15, 0.2) is 0 Å². The van der Waals surface area contributed by atoms with E-state index in [1.807, 2.05) is 0 Å². The van der Waals surface area contributed by atoms with E-state index in [1.54, 1.807) is 0 Å². The summed E-state index contributed by atoms with van der Waals surface area (Å²) in [5, 5.41) is 5.38. The maximum atomic E-state index is 13.1. The Hall–Kier alpha value is -1.24. The van der Waals surface area contributed by atoms with Gasteiger partial charge in [0.1, 0.15) is 0 Å². The maximum absolute atomic E-state index is 13.1. The number of alkyl halides is 2. The average Bonchev–Trinajstić information content (AvgIpc) is 2.61. The maximum Gasteiger partial charge on any atom is 0.277 e. The molecule has 0 radical (unpaired) electrons. The third-order valence-corrected chi connectivity index (χ3v) is 5.48. The molecule has 2 saturated carbocycles. The Bertz CT molecular complexity index is 446. The Labute approximate surface area is 148 Å². The molecule has 0 heterocycles. The normalized spacial score (nSPS) is 25.4. The van der Waals surface area contributed by atoms with Gasteiger partial charge in [-0.25, -0.2) is 8.78 Å². The predicted molar refractivity (Wildman–Crippen MR) is 92.1 cm³/mol. The third kappa shape index (κ3) is 6.88. The topological polar surface area (TPSA) is 84.2 Å². The Kier molecular flexibility index (Phi) is 7.59. The molecule has 5 nitrogen and oxygen atoms in total. The summed E-state index contributed by atoms with van der Waals surface area (Å²) in [6, 6.07) is 0.102. The zero-order valence-electron chi connectivity index (χ0n) is 14.9. The lowest BCUT2D eigenvalue weighted by atomic mass is 9.84. The monoisotopic (exact) mass is 359 g/mol. The van der Waals surface area contributed by atoms with E-state index >= 15 is 0 Å². The molecule has 0 aromatic rings. The molecule has 0 spiro atoms. The van der Waals surface area contributed by atoms with Crippen molar-refractivity contribution in [3.05, 3.63) is 0 Å². The largest absolute Gasteiger partial charge is 0.353 e. The molecular formula is C18H31F2N3O2. The summed E-state index contributed by atoms with van der Waals surface area (Å²) < 4.78 is 26.2. The van der Waals surface area contributed by atoms with Crippen LogP contribution in [0.4, 0.5) is 8.78 Å². The second-order valence-electron chi connectivity index (χ2n) is 7.60.